The third-order valence-corrected chi connectivity index (χ3v) is 3.52. The van der Waals surface area contributed by atoms with E-state index in [1.54, 1.807) is 0 Å². The van der Waals surface area contributed by atoms with Crippen LogP contribution in [0.3, 0.4) is 0 Å². The smallest absolute Gasteiger partial charge is 0.407 e. The maximum atomic E-state index is 11.1. The lowest BCUT2D eigenvalue weighted by Gasteiger charge is -2.39. The SMILES string of the molecule is O=C(O)N1CCN(Cc2ccccc2)C[C@H]1CCO. The van der Waals surface area contributed by atoms with Gasteiger partial charge in [-0.25, -0.2) is 4.79 Å². The molecule has 0 radical (unpaired) electrons. The molecule has 19 heavy (non-hydrogen) atoms. The molecule has 1 amide bonds. The molecule has 1 heterocycles. The Kier molecular flexibility index (Phi) is 4.76. The Morgan fingerprint density at radius 1 is 1.26 bits per heavy atom. The minimum atomic E-state index is -0.891. The summed E-state index contributed by atoms with van der Waals surface area (Å²) in [6.07, 6.45) is -0.393. The monoisotopic (exact) mass is 264 g/mol. The highest BCUT2D eigenvalue weighted by Crippen LogP contribution is 2.15. The first-order valence-electron chi connectivity index (χ1n) is 6.57. The summed E-state index contributed by atoms with van der Waals surface area (Å²) in [5.41, 5.74) is 1.23. The lowest BCUT2D eigenvalue weighted by Crippen LogP contribution is -2.54. The van der Waals surface area contributed by atoms with Gasteiger partial charge >= 0.3 is 6.09 Å². The van der Waals surface area contributed by atoms with E-state index in [2.05, 4.69) is 17.0 Å². The first-order chi connectivity index (χ1) is 9.20. The standard InChI is InChI=1S/C14H20N2O3/c17-9-6-13-11-15(7-8-16(13)14(18)19)10-12-4-2-1-3-5-12/h1-5,13,17H,6-11H2,(H,18,19)/t13-/m1/s1. The average Bonchev–Trinajstić information content (AvgIpc) is 2.40. The van der Waals surface area contributed by atoms with Crippen molar-refractivity contribution in [2.45, 2.75) is 19.0 Å². The summed E-state index contributed by atoms with van der Waals surface area (Å²) in [6, 6.07) is 10.0. The van der Waals surface area contributed by atoms with E-state index >= 15 is 0 Å². The molecule has 0 aliphatic carbocycles. The summed E-state index contributed by atoms with van der Waals surface area (Å²) in [6.45, 7) is 2.78. The largest absolute Gasteiger partial charge is 0.465 e. The van der Waals surface area contributed by atoms with E-state index in [0.717, 1.165) is 13.1 Å². The summed E-state index contributed by atoms with van der Waals surface area (Å²) >= 11 is 0. The highest BCUT2D eigenvalue weighted by Gasteiger charge is 2.29. The molecular formula is C14H20N2O3. The predicted octanol–water partition coefficient (Wildman–Crippen LogP) is 1.23. The molecule has 104 valence electrons. The summed E-state index contributed by atoms with van der Waals surface area (Å²) in [7, 11) is 0. The number of piperazine rings is 1. The Balaban J connectivity index is 1.96. The van der Waals surface area contributed by atoms with Crippen LogP contribution in [0.25, 0.3) is 0 Å². The molecule has 1 fully saturated rings. The minimum Gasteiger partial charge on any atom is -0.465 e. The van der Waals surface area contributed by atoms with Crippen LogP contribution in [-0.4, -0.2) is 58.4 Å². The molecule has 0 spiro atoms. The van der Waals surface area contributed by atoms with Gasteiger partial charge in [-0.2, -0.15) is 0 Å². The number of hydrogen-bond acceptors (Lipinski definition) is 3. The van der Waals surface area contributed by atoms with Crippen molar-refractivity contribution in [2.24, 2.45) is 0 Å². The quantitative estimate of drug-likeness (QED) is 0.858. The van der Waals surface area contributed by atoms with Crippen LogP contribution in [0, 0.1) is 0 Å². The third-order valence-electron chi connectivity index (χ3n) is 3.52. The number of nitrogens with zero attached hydrogens (tertiary/aromatic N) is 2. The molecule has 0 bridgehead atoms. The fraction of sp³-hybridized carbons (Fsp3) is 0.500. The molecule has 2 N–H and O–H groups in total. The van der Waals surface area contributed by atoms with E-state index in [4.69, 9.17) is 10.2 Å². The highest BCUT2D eigenvalue weighted by atomic mass is 16.4. The molecule has 0 saturated carbocycles. The second kappa shape index (κ2) is 6.54. The zero-order chi connectivity index (χ0) is 13.7. The van der Waals surface area contributed by atoms with Crippen molar-refractivity contribution < 1.29 is 15.0 Å². The van der Waals surface area contributed by atoms with Crippen molar-refractivity contribution in [2.75, 3.05) is 26.2 Å². The molecule has 2 rings (SSSR count). The molecule has 1 saturated heterocycles. The topological polar surface area (TPSA) is 64.0 Å². The van der Waals surface area contributed by atoms with E-state index in [1.165, 1.54) is 10.5 Å². The molecule has 1 atom stereocenters. The minimum absolute atomic E-state index is 0.0215. The van der Waals surface area contributed by atoms with Gasteiger partial charge < -0.3 is 15.1 Å². The number of rotatable bonds is 4. The zero-order valence-electron chi connectivity index (χ0n) is 10.9. The van der Waals surface area contributed by atoms with Gasteiger partial charge in [0.15, 0.2) is 0 Å². The summed E-state index contributed by atoms with van der Waals surface area (Å²) < 4.78 is 0. The zero-order valence-corrected chi connectivity index (χ0v) is 10.9. The van der Waals surface area contributed by atoms with Crippen LogP contribution in [-0.2, 0) is 6.54 Å². The first-order valence-corrected chi connectivity index (χ1v) is 6.57. The normalized spacial score (nSPS) is 20.5. The second-order valence-electron chi connectivity index (χ2n) is 4.86. The van der Waals surface area contributed by atoms with E-state index in [1.807, 2.05) is 18.2 Å². The number of aliphatic hydroxyl groups excluding tert-OH is 1. The van der Waals surface area contributed by atoms with Gasteiger partial charge in [0.05, 0.1) is 0 Å². The molecule has 5 heteroatoms. The van der Waals surface area contributed by atoms with E-state index in [0.29, 0.717) is 19.5 Å². The maximum Gasteiger partial charge on any atom is 0.407 e. The summed E-state index contributed by atoms with van der Waals surface area (Å²) in [5.74, 6) is 0. The highest BCUT2D eigenvalue weighted by molar-refractivity contribution is 5.65. The third kappa shape index (κ3) is 3.68. The van der Waals surface area contributed by atoms with Crippen molar-refractivity contribution in [1.82, 2.24) is 9.80 Å². The fourth-order valence-corrected chi connectivity index (χ4v) is 2.55. The molecule has 1 aliphatic heterocycles. The van der Waals surface area contributed by atoms with Gasteiger partial charge in [-0.1, -0.05) is 30.3 Å². The fourth-order valence-electron chi connectivity index (χ4n) is 2.55. The Hall–Kier alpha value is -1.59. The predicted molar refractivity (Wildman–Crippen MR) is 71.9 cm³/mol. The molecule has 1 aliphatic rings. The lowest BCUT2D eigenvalue weighted by molar-refractivity contribution is 0.0539. The van der Waals surface area contributed by atoms with Crippen molar-refractivity contribution in [3.8, 4) is 0 Å². The van der Waals surface area contributed by atoms with Crippen LogP contribution in [0.5, 0.6) is 0 Å². The summed E-state index contributed by atoms with van der Waals surface area (Å²) in [4.78, 5) is 14.8. The number of aliphatic hydroxyl groups is 1. The lowest BCUT2D eigenvalue weighted by atomic mass is 10.1. The van der Waals surface area contributed by atoms with Crippen LogP contribution < -0.4 is 0 Å². The molecule has 1 aromatic rings. The van der Waals surface area contributed by atoms with Gasteiger partial charge in [0.25, 0.3) is 0 Å². The number of benzene rings is 1. The number of amides is 1. The molecular weight excluding hydrogens is 244 g/mol. The van der Waals surface area contributed by atoms with Crippen molar-refractivity contribution in [1.29, 1.82) is 0 Å². The van der Waals surface area contributed by atoms with E-state index in [-0.39, 0.29) is 12.6 Å². The molecule has 5 nitrogen and oxygen atoms in total. The van der Waals surface area contributed by atoms with E-state index < -0.39 is 6.09 Å². The maximum absolute atomic E-state index is 11.1. The Morgan fingerprint density at radius 3 is 2.63 bits per heavy atom. The van der Waals surface area contributed by atoms with Crippen LogP contribution >= 0.6 is 0 Å². The molecule has 0 aromatic heterocycles. The number of carbonyl (C=O) groups is 1. The Morgan fingerprint density at radius 2 is 2.00 bits per heavy atom. The summed E-state index contributed by atoms with van der Waals surface area (Å²) in [5, 5.41) is 18.2. The van der Waals surface area contributed by atoms with Crippen molar-refractivity contribution in [3.05, 3.63) is 35.9 Å². The second-order valence-corrected chi connectivity index (χ2v) is 4.86. The van der Waals surface area contributed by atoms with Crippen LogP contribution in [0.2, 0.25) is 0 Å². The Bertz CT molecular complexity index is 410. The van der Waals surface area contributed by atoms with Crippen LogP contribution in [0.1, 0.15) is 12.0 Å². The van der Waals surface area contributed by atoms with Gasteiger partial charge in [-0.3, -0.25) is 4.90 Å². The van der Waals surface area contributed by atoms with Crippen molar-refractivity contribution in [3.63, 3.8) is 0 Å². The number of hydrogen-bond donors (Lipinski definition) is 2. The average molecular weight is 264 g/mol. The van der Waals surface area contributed by atoms with Gasteiger partial charge in [0.1, 0.15) is 0 Å². The van der Waals surface area contributed by atoms with Crippen molar-refractivity contribution >= 4 is 6.09 Å². The Labute approximate surface area is 113 Å². The van der Waals surface area contributed by atoms with Gasteiger partial charge in [-0.15, -0.1) is 0 Å². The van der Waals surface area contributed by atoms with Crippen LogP contribution in [0.15, 0.2) is 30.3 Å². The number of carboxylic acid groups (broad SMARTS) is 1. The van der Waals surface area contributed by atoms with E-state index in [9.17, 15) is 4.79 Å². The van der Waals surface area contributed by atoms with Gasteiger partial charge in [-0.05, 0) is 12.0 Å². The van der Waals surface area contributed by atoms with Crippen LogP contribution in [0.4, 0.5) is 4.79 Å². The molecule has 0 unspecified atom stereocenters. The van der Waals surface area contributed by atoms with Gasteiger partial charge in [0.2, 0.25) is 0 Å². The molecule has 1 aromatic carbocycles. The first kappa shape index (κ1) is 13.8. The van der Waals surface area contributed by atoms with Gasteiger partial charge in [0, 0.05) is 38.8 Å².